The Balaban J connectivity index is 1.88. The SMILES string of the molecule is Cc1nc(CN(C)C(=O)NCc2c(C)noc2C)cs1. The molecule has 0 aliphatic carbocycles. The van der Waals surface area contributed by atoms with Crippen molar-refractivity contribution >= 4 is 17.4 Å². The largest absolute Gasteiger partial charge is 0.361 e. The van der Waals surface area contributed by atoms with Gasteiger partial charge in [0.15, 0.2) is 0 Å². The first-order chi connectivity index (χ1) is 9.47. The quantitative estimate of drug-likeness (QED) is 0.940. The standard InChI is InChI=1S/C13H18N4O2S/c1-8-12(9(2)19-16-8)5-14-13(18)17(4)6-11-7-20-10(3)15-11/h7H,5-6H2,1-4H3,(H,14,18). The predicted octanol–water partition coefficient (Wildman–Crippen LogP) is 2.40. The Bertz CT molecular complexity index is 586. The molecule has 0 bridgehead atoms. The van der Waals surface area contributed by atoms with E-state index in [9.17, 15) is 4.79 Å². The second-order valence-electron chi connectivity index (χ2n) is 4.68. The van der Waals surface area contributed by atoms with E-state index in [1.807, 2.05) is 26.2 Å². The molecule has 0 aliphatic rings. The summed E-state index contributed by atoms with van der Waals surface area (Å²) in [5.74, 6) is 0.737. The smallest absolute Gasteiger partial charge is 0.317 e. The summed E-state index contributed by atoms with van der Waals surface area (Å²) in [7, 11) is 1.75. The minimum absolute atomic E-state index is 0.143. The Labute approximate surface area is 121 Å². The van der Waals surface area contributed by atoms with E-state index in [4.69, 9.17) is 4.52 Å². The Morgan fingerprint density at radius 2 is 2.20 bits per heavy atom. The Kier molecular flexibility index (Phi) is 4.39. The fourth-order valence-electron chi connectivity index (χ4n) is 1.85. The van der Waals surface area contributed by atoms with E-state index in [1.165, 1.54) is 0 Å². The highest BCUT2D eigenvalue weighted by molar-refractivity contribution is 7.09. The third kappa shape index (κ3) is 3.36. The lowest BCUT2D eigenvalue weighted by molar-refractivity contribution is 0.206. The number of hydrogen-bond acceptors (Lipinski definition) is 5. The van der Waals surface area contributed by atoms with Crippen LogP contribution in [0.25, 0.3) is 0 Å². The number of nitrogens with zero attached hydrogens (tertiary/aromatic N) is 3. The third-order valence-corrected chi connectivity index (χ3v) is 3.83. The molecule has 0 atom stereocenters. The van der Waals surface area contributed by atoms with Crippen LogP contribution < -0.4 is 5.32 Å². The number of urea groups is 1. The highest BCUT2D eigenvalue weighted by Gasteiger charge is 2.13. The van der Waals surface area contributed by atoms with E-state index in [0.717, 1.165) is 27.7 Å². The maximum Gasteiger partial charge on any atom is 0.317 e. The normalized spacial score (nSPS) is 10.6. The van der Waals surface area contributed by atoms with Crippen molar-refractivity contribution in [3.05, 3.63) is 33.1 Å². The van der Waals surface area contributed by atoms with Crippen LogP contribution >= 0.6 is 11.3 Å². The molecule has 108 valence electrons. The molecule has 0 saturated carbocycles. The number of aryl methyl sites for hydroxylation is 3. The molecule has 20 heavy (non-hydrogen) atoms. The first kappa shape index (κ1) is 14.5. The van der Waals surface area contributed by atoms with E-state index in [-0.39, 0.29) is 6.03 Å². The molecule has 7 heteroatoms. The van der Waals surface area contributed by atoms with Crippen molar-refractivity contribution in [3.8, 4) is 0 Å². The topological polar surface area (TPSA) is 71.3 Å². The van der Waals surface area contributed by atoms with Gasteiger partial charge in [-0.1, -0.05) is 5.16 Å². The minimum atomic E-state index is -0.143. The average molecular weight is 294 g/mol. The van der Waals surface area contributed by atoms with Crippen molar-refractivity contribution in [2.24, 2.45) is 0 Å². The van der Waals surface area contributed by atoms with Gasteiger partial charge in [0.2, 0.25) is 0 Å². The summed E-state index contributed by atoms with van der Waals surface area (Å²) in [6, 6.07) is -0.143. The number of hydrogen-bond donors (Lipinski definition) is 1. The summed E-state index contributed by atoms with van der Waals surface area (Å²) < 4.78 is 5.06. The van der Waals surface area contributed by atoms with Crippen LogP contribution in [-0.4, -0.2) is 28.1 Å². The number of aromatic nitrogens is 2. The van der Waals surface area contributed by atoms with Gasteiger partial charge in [0.25, 0.3) is 0 Å². The summed E-state index contributed by atoms with van der Waals surface area (Å²) in [6.07, 6.45) is 0. The molecule has 1 N–H and O–H groups in total. The lowest BCUT2D eigenvalue weighted by Gasteiger charge is -2.16. The van der Waals surface area contributed by atoms with Crippen molar-refractivity contribution in [2.75, 3.05) is 7.05 Å². The number of amides is 2. The van der Waals surface area contributed by atoms with Gasteiger partial charge in [-0.3, -0.25) is 0 Å². The molecule has 0 saturated heterocycles. The molecule has 0 aliphatic heterocycles. The van der Waals surface area contributed by atoms with Gasteiger partial charge < -0.3 is 14.7 Å². The number of carbonyl (C=O) groups is 1. The lowest BCUT2D eigenvalue weighted by atomic mass is 10.2. The number of rotatable bonds is 4. The molecule has 0 aromatic carbocycles. The van der Waals surface area contributed by atoms with Gasteiger partial charge in [0.05, 0.1) is 22.9 Å². The highest BCUT2D eigenvalue weighted by Crippen LogP contribution is 2.12. The van der Waals surface area contributed by atoms with E-state index >= 15 is 0 Å². The Morgan fingerprint density at radius 1 is 1.45 bits per heavy atom. The zero-order chi connectivity index (χ0) is 14.7. The number of carbonyl (C=O) groups excluding carboxylic acids is 1. The minimum Gasteiger partial charge on any atom is -0.361 e. The molecule has 2 aromatic rings. The molecular formula is C13H18N4O2S. The predicted molar refractivity (Wildman–Crippen MR) is 76.5 cm³/mol. The molecule has 6 nitrogen and oxygen atoms in total. The molecule has 2 rings (SSSR count). The van der Waals surface area contributed by atoms with Crippen LogP contribution in [0, 0.1) is 20.8 Å². The van der Waals surface area contributed by atoms with E-state index in [2.05, 4.69) is 15.5 Å². The summed E-state index contributed by atoms with van der Waals surface area (Å²) in [6.45, 7) is 6.56. The fraction of sp³-hybridized carbons (Fsp3) is 0.462. The first-order valence-electron chi connectivity index (χ1n) is 6.29. The first-order valence-corrected chi connectivity index (χ1v) is 7.17. The zero-order valence-corrected chi connectivity index (χ0v) is 12.9. The van der Waals surface area contributed by atoms with Crippen LogP contribution in [0.1, 0.15) is 27.7 Å². The second kappa shape index (κ2) is 6.04. The van der Waals surface area contributed by atoms with Crippen LogP contribution in [0.15, 0.2) is 9.90 Å². The number of thiazole rings is 1. The van der Waals surface area contributed by atoms with E-state index < -0.39 is 0 Å². The van der Waals surface area contributed by atoms with E-state index in [1.54, 1.807) is 23.3 Å². The Morgan fingerprint density at radius 3 is 2.75 bits per heavy atom. The fourth-order valence-corrected chi connectivity index (χ4v) is 2.45. The van der Waals surface area contributed by atoms with Gasteiger partial charge >= 0.3 is 6.03 Å². The molecule has 0 unspecified atom stereocenters. The van der Waals surface area contributed by atoms with Gasteiger partial charge in [-0.25, -0.2) is 9.78 Å². The summed E-state index contributed by atoms with van der Waals surface area (Å²) in [5.41, 5.74) is 2.64. The maximum absolute atomic E-state index is 12.0. The maximum atomic E-state index is 12.0. The molecule has 2 aromatic heterocycles. The molecule has 0 radical (unpaired) electrons. The summed E-state index contributed by atoms with van der Waals surface area (Å²) in [5, 5.41) is 9.69. The molecule has 0 fully saturated rings. The lowest BCUT2D eigenvalue weighted by Crippen LogP contribution is -2.36. The van der Waals surface area contributed by atoms with Crippen molar-refractivity contribution in [3.63, 3.8) is 0 Å². The Hall–Kier alpha value is -1.89. The van der Waals surface area contributed by atoms with Crippen LogP contribution in [0.5, 0.6) is 0 Å². The van der Waals surface area contributed by atoms with Gasteiger partial charge in [-0.05, 0) is 20.8 Å². The second-order valence-corrected chi connectivity index (χ2v) is 5.74. The van der Waals surface area contributed by atoms with Crippen LogP contribution in [-0.2, 0) is 13.1 Å². The van der Waals surface area contributed by atoms with Crippen LogP contribution in [0.2, 0.25) is 0 Å². The highest BCUT2D eigenvalue weighted by atomic mass is 32.1. The van der Waals surface area contributed by atoms with Gasteiger partial charge in [0.1, 0.15) is 5.76 Å². The van der Waals surface area contributed by atoms with Crippen molar-refractivity contribution in [2.45, 2.75) is 33.9 Å². The van der Waals surface area contributed by atoms with Crippen molar-refractivity contribution < 1.29 is 9.32 Å². The monoisotopic (exact) mass is 294 g/mol. The van der Waals surface area contributed by atoms with E-state index in [0.29, 0.717) is 13.1 Å². The summed E-state index contributed by atoms with van der Waals surface area (Å²) in [4.78, 5) is 18.0. The van der Waals surface area contributed by atoms with Gasteiger partial charge in [-0.2, -0.15) is 0 Å². The van der Waals surface area contributed by atoms with Crippen molar-refractivity contribution in [1.29, 1.82) is 0 Å². The van der Waals surface area contributed by atoms with Gasteiger partial charge in [0, 0.05) is 24.5 Å². The van der Waals surface area contributed by atoms with Crippen molar-refractivity contribution in [1.82, 2.24) is 20.4 Å². The molecule has 2 amide bonds. The van der Waals surface area contributed by atoms with Crippen LogP contribution in [0.3, 0.4) is 0 Å². The molecular weight excluding hydrogens is 276 g/mol. The van der Waals surface area contributed by atoms with Gasteiger partial charge in [-0.15, -0.1) is 11.3 Å². The average Bonchev–Trinajstić information content (AvgIpc) is 2.94. The summed E-state index contributed by atoms with van der Waals surface area (Å²) >= 11 is 1.58. The molecule has 2 heterocycles. The van der Waals surface area contributed by atoms with Crippen LogP contribution in [0.4, 0.5) is 4.79 Å². The number of nitrogens with one attached hydrogen (secondary N) is 1. The molecule has 0 spiro atoms. The third-order valence-electron chi connectivity index (χ3n) is 3.01. The zero-order valence-electron chi connectivity index (χ0n) is 12.1.